The summed E-state index contributed by atoms with van der Waals surface area (Å²) in [4.78, 5) is 30.2. The number of nitro groups is 1. The Balaban J connectivity index is 1.46. The predicted octanol–water partition coefficient (Wildman–Crippen LogP) is 0.610. The summed E-state index contributed by atoms with van der Waals surface area (Å²) in [6.07, 6.45) is 3.31. The minimum atomic E-state index is -0.510. The lowest BCUT2D eigenvalue weighted by atomic mass is 10.3. The van der Waals surface area contributed by atoms with Crippen LogP contribution in [-0.2, 0) is 17.9 Å². The Morgan fingerprint density at radius 1 is 1.34 bits per heavy atom. The molecule has 2 aromatic heterocycles. The van der Waals surface area contributed by atoms with Gasteiger partial charge in [0.15, 0.2) is 6.61 Å². The number of carbonyl (C=O) groups excluding carboxylic acids is 1. The van der Waals surface area contributed by atoms with Gasteiger partial charge in [0.1, 0.15) is 23.1 Å². The van der Waals surface area contributed by atoms with E-state index in [2.05, 4.69) is 25.6 Å². The first kappa shape index (κ1) is 19.7. The first-order chi connectivity index (χ1) is 13.9. The molecule has 150 valence electrons. The van der Waals surface area contributed by atoms with Crippen LogP contribution in [-0.4, -0.2) is 42.4 Å². The van der Waals surface area contributed by atoms with Crippen molar-refractivity contribution < 1.29 is 14.5 Å². The molecule has 0 fully saturated rings. The third-order valence-electron chi connectivity index (χ3n) is 3.82. The Bertz CT molecular complexity index is 1020. The van der Waals surface area contributed by atoms with E-state index in [4.69, 9.17) is 10.5 Å². The third kappa shape index (κ3) is 5.45. The Morgan fingerprint density at radius 2 is 2.10 bits per heavy atom. The summed E-state index contributed by atoms with van der Waals surface area (Å²) in [5.41, 5.74) is 7.08. The largest absolute Gasteiger partial charge is 0.484 e. The van der Waals surface area contributed by atoms with Crippen molar-refractivity contribution >= 4 is 17.4 Å². The van der Waals surface area contributed by atoms with Gasteiger partial charge < -0.3 is 15.8 Å². The van der Waals surface area contributed by atoms with Gasteiger partial charge in [0.25, 0.3) is 11.6 Å². The van der Waals surface area contributed by atoms with Crippen molar-refractivity contribution in [1.82, 2.24) is 30.3 Å². The van der Waals surface area contributed by atoms with Gasteiger partial charge in [-0.15, -0.1) is 5.10 Å². The topological polar surface area (TPSA) is 164 Å². The van der Waals surface area contributed by atoms with Gasteiger partial charge in [-0.2, -0.15) is 0 Å². The van der Waals surface area contributed by atoms with Gasteiger partial charge in [0.05, 0.1) is 24.2 Å². The van der Waals surface area contributed by atoms with E-state index in [1.807, 2.05) is 0 Å². The molecule has 3 aromatic rings. The molecule has 0 aliphatic rings. The highest BCUT2D eigenvalue weighted by atomic mass is 16.6. The van der Waals surface area contributed by atoms with E-state index < -0.39 is 4.92 Å². The van der Waals surface area contributed by atoms with Crippen LogP contribution in [0.3, 0.4) is 0 Å². The summed E-state index contributed by atoms with van der Waals surface area (Å²) in [5.74, 6) is 0.958. The molecule has 0 unspecified atom stereocenters. The van der Waals surface area contributed by atoms with E-state index in [1.165, 1.54) is 24.3 Å². The van der Waals surface area contributed by atoms with Crippen LogP contribution in [0.4, 0.5) is 11.5 Å². The van der Waals surface area contributed by atoms with Crippen LogP contribution in [0, 0.1) is 17.0 Å². The second-order valence-corrected chi connectivity index (χ2v) is 6.05. The summed E-state index contributed by atoms with van der Waals surface area (Å²) in [7, 11) is 0. The van der Waals surface area contributed by atoms with Crippen molar-refractivity contribution in [2.24, 2.45) is 0 Å². The average Bonchev–Trinajstić information content (AvgIpc) is 3.15. The number of rotatable bonds is 8. The zero-order valence-electron chi connectivity index (χ0n) is 15.5. The lowest BCUT2D eigenvalue weighted by Gasteiger charge is -2.06. The molecule has 0 spiro atoms. The lowest BCUT2D eigenvalue weighted by Crippen LogP contribution is -2.28. The van der Waals surface area contributed by atoms with Gasteiger partial charge in [0, 0.05) is 23.9 Å². The van der Waals surface area contributed by atoms with Gasteiger partial charge in [-0.05, 0) is 19.1 Å². The van der Waals surface area contributed by atoms with E-state index in [1.54, 1.807) is 24.0 Å². The molecule has 12 nitrogen and oxygen atoms in total. The molecule has 1 aromatic carbocycles. The number of hydrogen-bond acceptors (Lipinski definition) is 9. The summed E-state index contributed by atoms with van der Waals surface area (Å²) < 4.78 is 6.86. The molecular formula is C17H18N8O4. The van der Waals surface area contributed by atoms with Crippen molar-refractivity contribution in [3.05, 3.63) is 63.9 Å². The molecule has 0 atom stereocenters. The molecule has 0 saturated carbocycles. The highest BCUT2D eigenvalue weighted by Crippen LogP contribution is 2.17. The number of nitrogens with two attached hydrogens (primary N) is 1. The number of nitro benzene ring substituents is 1. The SMILES string of the molecule is Cc1ncc(Cn2cc(CNC(=O)COc3ccc([N+](=O)[O-])cc3)nn2)c(N)n1. The predicted molar refractivity (Wildman–Crippen MR) is 101 cm³/mol. The normalized spacial score (nSPS) is 10.5. The lowest BCUT2D eigenvalue weighted by molar-refractivity contribution is -0.384. The number of carbonyl (C=O) groups is 1. The Morgan fingerprint density at radius 3 is 2.79 bits per heavy atom. The van der Waals surface area contributed by atoms with E-state index in [9.17, 15) is 14.9 Å². The van der Waals surface area contributed by atoms with Crippen LogP contribution < -0.4 is 15.8 Å². The first-order valence-electron chi connectivity index (χ1n) is 8.51. The standard InChI is InChI=1S/C17H18N8O4/c1-11-19-6-12(17(18)21-11)8-24-9-13(22-23-24)7-20-16(26)10-29-15-4-2-14(3-5-15)25(27)28/h2-6,9H,7-8,10H2,1H3,(H,20,26)(H2,18,19,21). The number of nitrogens with zero attached hydrogens (tertiary/aromatic N) is 6. The fraction of sp³-hybridized carbons (Fsp3) is 0.235. The highest BCUT2D eigenvalue weighted by Gasteiger charge is 2.09. The summed E-state index contributed by atoms with van der Waals surface area (Å²) in [6.45, 7) is 2.05. The van der Waals surface area contributed by atoms with Crippen LogP contribution in [0.5, 0.6) is 5.75 Å². The van der Waals surface area contributed by atoms with E-state index in [0.717, 1.165) is 0 Å². The van der Waals surface area contributed by atoms with Gasteiger partial charge >= 0.3 is 0 Å². The van der Waals surface area contributed by atoms with Gasteiger partial charge in [0.2, 0.25) is 0 Å². The number of nitrogens with one attached hydrogen (secondary N) is 1. The van der Waals surface area contributed by atoms with E-state index in [-0.39, 0.29) is 24.7 Å². The van der Waals surface area contributed by atoms with Crippen LogP contribution in [0.15, 0.2) is 36.7 Å². The molecule has 1 amide bonds. The van der Waals surface area contributed by atoms with Crippen molar-refractivity contribution in [2.45, 2.75) is 20.0 Å². The number of ether oxygens (including phenoxy) is 1. The molecule has 0 saturated heterocycles. The monoisotopic (exact) mass is 398 g/mol. The third-order valence-corrected chi connectivity index (χ3v) is 3.82. The maximum Gasteiger partial charge on any atom is 0.269 e. The van der Waals surface area contributed by atoms with Gasteiger partial charge in [-0.3, -0.25) is 14.9 Å². The molecule has 12 heteroatoms. The molecule has 0 aliphatic carbocycles. The van der Waals surface area contributed by atoms with Gasteiger partial charge in [-0.1, -0.05) is 5.21 Å². The maximum absolute atomic E-state index is 11.9. The van der Waals surface area contributed by atoms with Crippen molar-refractivity contribution in [1.29, 1.82) is 0 Å². The summed E-state index contributed by atoms with van der Waals surface area (Å²) in [6, 6.07) is 5.46. The molecule has 0 aliphatic heterocycles. The number of aryl methyl sites for hydroxylation is 1. The van der Waals surface area contributed by atoms with Crippen molar-refractivity contribution in [2.75, 3.05) is 12.3 Å². The van der Waals surface area contributed by atoms with E-state index in [0.29, 0.717) is 35.2 Å². The fourth-order valence-electron chi connectivity index (χ4n) is 2.36. The first-order valence-corrected chi connectivity index (χ1v) is 8.51. The zero-order valence-corrected chi connectivity index (χ0v) is 15.5. The molecular weight excluding hydrogens is 380 g/mol. The van der Waals surface area contributed by atoms with Gasteiger partial charge in [-0.25, -0.2) is 14.6 Å². The second-order valence-electron chi connectivity index (χ2n) is 6.05. The maximum atomic E-state index is 11.9. The van der Waals surface area contributed by atoms with E-state index >= 15 is 0 Å². The molecule has 0 radical (unpaired) electrons. The number of anilines is 1. The number of hydrogen-bond donors (Lipinski definition) is 2. The number of amides is 1. The summed E-state index contributed by atoms with van der Waals surface area (Å²) in [5, 5.41) is 21.2. The number of non-ortho nitro benzene ring substituents is 1. The second kappa shape index (κ2) is 8.73. The zero-order chi connectivity index (χ0) is 20.8. The average molecular weight is 398 g/mol. The van der Waals surface area contributed by atoms with Crippen LogP contribution in [0.2, 0.25) is 0 Å². The van der Waals surface area contributed by atoms with Crippen LogP contribution in [0.1, 0.15) is 17.1 Å². The molecule has 2 heterocycles. The Labute approximate surface area is 164 Å². The number of benzene rings is 1. The quantitative estimate of drug-likeness (QED) is 0.408. The molecule has 3 N–H and O–H groups in total. The number of aromatic nitrogens is 5. The van der Waals surface area contributed by atoms with Crippen LogP contribution in [0.25, 0.3) is 0 Å². The van der Waals surface area contributed by atoms with Crippen LogP contribution >= 0.6 is 0 Å². The number of nitrogen functional groups attached to an aromatic ring is 1. The molecule has 29 heavy (non-hydrogen) atoms. The minimum absolute atomic E-state index is 0.0520. The van der Waals surface area contributed by atoms with Crippen molar-refractivity contribution in [3.8, 4) is 5.75 Å². The van der Waals surface area contributed by atoms with Crippen molar-refractivity contribution in [3.63, 3.8) is 0 Å². The Kier molecular flexibility index (Phi) is 5.92. The smallest absolute Gasteiger partial charge is 0.269 e. The molecule has 0 bridgehead atoms. The fourth-order valence-corrected chi connectivity index (χ4v) is 2.36. The minimum Gasteiger partial charge on any atom is -0.484 e. The Hall–Kier alpha value is -4.09. The summed E-state index contributed by atoms with van der Waals surface area (Å²) >= 11 is 0. The molecule has 3 rings (SSSR count). The highest BCUT2D eigenvalue weighted by molar-refractivity contribution is 5.77.